The van der Waals surface area contributed by atoms with Gasteiger partial charge in [0.15, 0.2) is 11.0 Å². The fraction of sp³-hybridized carbons (Fsp3) is 0.250. The van der Waals surface area contributed by atoms with E-state index in [1.807, 2.05) is 29.7 Å². The number of para-hydroxylation sites is 1. The number of thioether (sulfide) groups is 1. The number of nitrogens with zero attached hydrogens (tertiary/aromatic N) is 3. The van der Waals surface area contributed by atoms with Gasteiger partial charge in [0.1, 0.15) is 0 Å². The van der Waals surface area contributed by atoms with Gasteiger partial charge in [-0.3, -0.25) is 9.59 Å². The van der Waals surface area contributed by atoms with E-state index in [1.54, 1.807) is 30.3 Å². The van der Waals surface area contributed by atoms with Crippen molar-refractivity contribution < 1.29 is 9.59 Å². The van der Waals surface area contributed by atoms with E-state index in [-0.39, 0.29) is 24.1 Å². The lowest BCUT2D eigenvalue weighted by Gasteiger charge is -2.13. The van der Waals surface area contributed by atoms with E-state index in [4.69, 9.17) is 11.6 Å². The Morgan fingerprint density at radius 2 is 2.00 bits per heavy atom. The average Bonchev–Trinajstić information content (AvgIpc) is 3.19. The number of halogens is 1. The first kappa shape index (κ1) is 24.5. The molecule has 0 aliphatic carbocycles. The number of carbonyl (C=O) groups excluding carboxylic acids is 2. The highest BCUT2D eigenvalue weighted by molar-refractivity contribution is 7.99. The fourth-order valence-corrected chi connectivity index (χ4v) is 4.22. The van der Waals surface area contributed by atoms with E-state index in [9.17, 15) is 9.59 Å². The van der Waals surface area contributed by atoms with Gasteiger partial charge < -0.3 is 15.2 Å². The number of benzene rings is 2. The van der Waals surface area contributed by atoms with E-state index in [1.165, 1.54) is 11.8 Å². The molecule has 7 nitrogen and oxygen atoms in total. The number of aryl methyl sites for hydroxylation is 2. The van der Waals surface area contributed by atoms with Gasteiger partial charge in [0, 0.05) is 22.8 Å². The minimum Gasteiger partial charge on any atom is -0.345 e. The van der Waals surface area contributed by atoms with Crippen LogP contribution in [0.2, 0.25) is 5.02 Å². The molecule has 0 spiro atoms. The molecule has 1 aromatic heterocycles. The van der Waals surface area contributed by atoms with Gasteiger partial charge in [-0.1, -0.05) is 60.6 Å². The first-order valence-electron chi connectivity index (χ1n) is 10.5. The number of anilines is 1. The molecule has 1 heterocycles. The molecule has 2 amide bonds. The summed E-state index contributed by atoms with van der Waals surface area (Å²) < 4.78 is 1.83. The quantitative estimate of drug-likeness (QED) is 0.323. The molecule has 33 heavy (non-hydrogen) atoms. The molecule has 0 radical (unpaired) electrons. The Kier molecular flexibility index (Phi) is 8.68. The lowest BCUT2D eigenvalue weighted by Crippen LogP contribution is -2.25. The van der Waals surface area contributed by atoms with Crippen LogP contribution in [0.1, 0.15) is 34.2 Å². The van der Waals surface area contributed by atoms with E-state index >= 15 is 0 Å². The van der Waals surface area contributed by atoms with Gasteiger partial charge in [-0.2, -0.15) is 0 Å². The molecular weight excluding hydrogens is 458 g/mol. The van der Waals surface area contributed by atoms with Crippen molar-refractivity contribution in [3.8, 4) is 0 Å². The van der Waals surface area contributed by atoms with E-state index < -0.39 is 0 Å². The molecule has 2 aromatic carbocycles. The van der Waals surface area contributed by atoms with Gasteiger partial charge in [-0.25, -0.2) is 0 Å². The van der Waals surface area contributed by atoms with Crippen LogP contribution in [0.5, 0.6) is 0 Å². The lowest BCUT2D eigenvalue weighted by molar-refractivity contribution is -0.113. The van der Waals surface area contributed by atoms with Crippen molar-refractivity contribution >= 4 is 40.9 Å². The Hall–Kier alpha value is -3.10. The maximum Gasteiger partial charge on any atom is 0.251 e. The van der Waals surface area contributed by atoms with Crippen LogP contribution in [0.25, 0.3) is 0 Å². The third-order valence-electron chi connectivity index (χ3n) is 4.94. The molecule has 0 bridgehead atoms. The van der Waals surface area contributed by atoms with Gasteiger partial charge >= 0.3 is 0 Å². The molecule has 0 atom stereocenters. The number of aromatic nitrogens is 3. The van der Waals surface area contributed by atoms with Gasteiger partial charge in [0.05, 0.1) is 12.3 Å². The number of hydrogen-bond donors (Lipinski definition) is 2. The van der Waals surface area contributed by atoms with Crippen LogP contribution in [-0.2, 0) is 24.3 Å². The Balaban J connectivity index is 1.64. The standard InChI is InChI=1S/C24H26ClN5O2S/c1-4-12-30-20(14-26-23(32)18-10-7-11-19(25)13-18)28-29-24(30)33-15-21(31)27-22-16(3)8-6-9-17(22)5-2/h4,6-11,13H,1,5,12,14-15H2,2-3H3,(H,26,32)(H,27,31). The van der Waals surface area contributed by atoms with Crippen LogP contribution < -0.4 is 10.6 Å². The molecule has 0 aliphatic rings. The molecule has 172 valence electrons. The average molecular weight is 484 g/mol. The third-order valence-corrected chi connectivity index (χ3v) is 6.14. The van der Waals surface area contributed by atoms with Crippen molar-refractivity contribution in [1.29, 1.82) is 0 Å². The van der Waals surface area contributed by atoms with Crippen molar-refractivity contribution in [2.45, 2.75) is 38.5 Å². The highest BCUT2D eigenvalue weighted by Gasteiger charge is 2.16. The summed E-state index contributed by atoms with van der Waals surface area (Å²) in [6, 6.07) is 12.7. The molecule has 0 saturated heterocycles. The predicted molar refractivity (Wildman–Crippen MR) is 133 cm³/mol. The molecule has 0 fully saturated rings. The summed E-state index contributed by atoms with van der Waals surface area (Å²) in [5, 5.41) is 15.3. The minimum atomic E-state index is -0.260. The van der Waals surface area contributed by atoms with Gasteiger partial charge in [0.2, 0.25) is 5.91 Å². The van der Waals surface area contributed by atoms with Crippen molar-refractivity contribution in [1.82, 2.24) is 20.1 Å². The molecule has 0 aliphatic heterocycles. The Morgan fingerprint density at radius 3 is 2.73 bits per heavy atom. The summed E-state index contributed by atoms with van der Waals surface area (Å²) in [7, 11) is 0. The molecule has 0 saturated carbocycles. The van der Waals surface area contributed by atoms with Crippen LogP contribution in [0, 0.1) is 6.92 Å². The zero-order valence-corrected chi connectivity index (χ0v) is 20.2. The van der Waals surface area contributed by atoms with Crippen LogP contribution in [0.4, 0.5) is 5.69 Å². The molecule has 0 unspecified atom stereocenters. The molecule has 9 heteroatoms. The second kappa shape index (κ2) is 11.7. The van der Waals surface area contributed by atoms with Gasteiger partial charge in [0.25, 0.3) is 5.91 Å². The number of hydrogen-bond acceptors (Lipinski definition) is 5. The number of rotatable bonds is 10. The smallest absolute Gasteiger partial charge is 0.251 e. The highest BCUT2D eigenvalue weighted by atomic mass is 35.5. The van der Waals surface area contributed by atoms with Crippen molar-refractivity contribution in [3.05, 3.63) is 82.7 Å². The summed E-state index contributed by atoms with van der Waals surface area (Å²) in [5.74, 6) is 0.374. The van der Waals surface area contributed by atoms with E-state index in [0.29, 0.717) is 28.1 Å². The fourth-order valence-electron chi connectivity index (χ4n) is 3.27. The second-order valence-corrected chi connectivity index (χ2v) is 8.67. The number of amides is 2. The van der Waals surface area contributed by atoms with Crippen LogP contribution in [-0.4, -0.2) is 32.3 Å². The van der Waals surface area contributed by atoms with Crippen molar-refractivity contribution in [2.75, 3.05) is 11.1 Å². The maximum absolute atomic E-state index is 12.6. The number of allylic oxidation sites excluding steroid dienone is 1. The van der Waals surface area contributed by atoms with E-state index in [2.05, 4.69) is 34.3 Å². The Morgan fingerprint density at radius 1 is 1.21 bits per heavy atom. The Labute approximate surface area is 202 Å². The van der Waals surface area contributed by atoms with Gasteiger partial charge in [-0.05, 0) is 42.7 Å². The maximum atomic E-state index is 12.6. The van der Waals surface area contributed by atoms with E-state index in [0.717, 1.165) is 23.2 Å². The summed E-state index contributed by atoms with van der Waals surface area (Å²) in [6.45, 7) is 8.46. The van der Waals surface area contributed by atoms with Crippen LogP contribution >= 0.6 is 23.4 Å². The van der Waals surface area contributed by atoms with Gasteiger partial charge in [-0.15, -0.1) is 16.8 Å². The first-order chi connectivity index (χ1) is 15.9. The zero-order valence-electron chi connectivity index (χ0n) is 18.6. The first-order valence-corrected chi connectivity index (χ1v) is 11.9. The molecule has 2 N–H and O–H groups in total. The summed E-state index contributed by atoms with van der Waals surface area (Å²) >= 11 is 7.25. The van der Waals surface area contributed by atoms with Crippen LogP contribution in [0.15, 0.2) is 60.3 Å². The van der Waals surface area contributed by atoms with Crippen LogP contribution in [0.3, 0.4) is 0 Å². The number of nitrogens with one attached hydrogen (secondary N) is 2. The second-order valence-electron chi connectivity index (χ2n) is 7.29. The number of carbonyl (C=O) groups is 2. The third kappa shape index (κ3) is 6.46. The lowest BCUT2D eigenvalue weighted by atomic mass is 10.1. The van der Waals surface area contributed by atoms with Crippen molar-refractivity contribution in [2.24, 2.45) is 0 Å². The molecular formula is C24H26ClN5O2S. The highest BCUT2D eigenvalue weighted by Crippen LogP contribution is 2.23. The monoisotopic (exact) mass is 483 g/mol. The predicted octanol–water partition coefficient (Wildman–Crippen LogP) is 4.65. The molecule has 3 aromatic rings. The largest absolute Gasteiger partial charge is 0.345 e. The zero-order chi connectivity index (χ0) is 23.8. The molecule has 3 rings (SSSR count). The summed E-state index contributed by atoms with van der Waals surface area (Å²) in [5.41, 5.74) is 3.45. The SMILES string of the molecule is C=CCn1c(CNC(=O)c2cccc(Cl)c2)nnc1SCC(=O)Nc1c(C)cccc1CC. The van der Waals surface area contributed by atoms with Crippen molar-refractivity contribution in [3.63, 3.8) is 0 Å². The topological polar surface area (TPSA) is 88.9 Å². The normalized spacial score (nSPS) is 10.6. The summed E-state index contributed by atoms with van der Waals surface area (Å²) in [6.07, 6.45) is 2.55. The summed E-state index contributed by atoms with van der Waals surface area (Å²) in [4.78, 5) is 25.0. The minimum absolute atomic E-state index is 0.118. The Bertz CT molecular complexity index is 1160.